The Bertz CT molecular complexity index is 1920. The molecule has 0 heterocycles. The first kappa shape index (κ1) is 82.8. The first-order valence-corrected chi connectivity index (χ1v) is 30.2. The lowest BCUT2D eigenvalue weighted by Crippen LogP contribution is -2.32. The highest BCUT2D eigenvalue weighted by atomic mass is 19.4. The number of benzene rings is 1. The van der Waals surface area contributed by atoms with Crippen LogP contribution in [0.25, 0.3) is 0 Å². The van der Waals surface area contributed by atoms with Crippen LogP contribution < -0.4 is 0 Å². The van der Waals surface area contributed by atoms with E-state index in [4.69, 9.17) is 28.4 Å². The Morgan fingerprint density at radius 2 is 0.333 bits per heavy atom. The van der Waals surface area contributed by atoms with Crippen LogP contribution in [0.5, 0.6) is 0 Å². The minimum Gasteiger partial charge on any atom is -0.462 e. The summed E-state index contributed by atoms with van der Waals surface area (Å²) < 4.78 is 272. The first-order chi connectivity index (χ1) is 41.6. The third kappa shape index (κ3) is 31.4. The van der Waals surface area contributed by atoms with Gasteiger partial charge in [-0.25, -0.2) is 28.8 Å². The molecule has 0 fully saturated rings. The van der Waals surface area contributed by atoms with Crippen molar-refractivity contribution >= 4 is 35.8 Å². The van der Waals surface area contributed by atoms with E-state index in [1.807, 2.05) is 0 Å². The van der Waals surface area contributed by atoms with Gasteiger partial charge < -0.3 is 28.4 Å². The largest absolute Gasteiger partial charge is 0.462 e. The van der Waals surface area contributed by atoms with Crippen molar-refractivity contribution in [1.82, 2.24) is 0 Å². The van der Waals surface area contributed by atoms with Gasteiger partial charge in [0.25, 0.3) is 0 Å². The second-order valence-electron chi connectivity index (χ2n) is 22.8. The Morgan fingerprint density at radius 3 is 0.433 bits per heavy atom. The van der Waals surface area contributed by atoms with E-state index in [1.165, 1.54) is 0 Å². The van der Waals surface area contributed by atoms with Crippen LogP contribution in [-0.2, 0) is 28.4 Å². The van der Waals surface area contributed by atoms with Crippen LogP contribution in [0, 0.1) is 35.5 Å². The Balaban J connectivity index is 4.47. The number of unbranched alkanes of at least 4 members (excludes halogenated alkanes) is 12. The maximum absolute atomic E-state index is 14.8. The van der Waals surface area contributed by atoms with Crippen molar-refractivity contribution in [3.8, 4) is 0 Å². The lowest BCUT2D eigenvalue weighted by molar-refractivity contribution is -0.172. The van der Waals surface area contributed by atoms with Gasteiger partial charge in [0, 0.05) is 0 Å². The lowest BCUT2D eigenvalue weighted by Gasteiger charge is -2.23. The van der Waals surface area contributed by atoms with E-state index in [0.29, 0.717) is 0 Å². The van der Waals surface area contributed by atoms with E-state index >= 15 is 0 Å². The van der Waals surface area contributed by atoms with Crippen molar-refractivity contribution in [2.75, 3.05) is 39.6 Å². The molecule has 522 valence electrons. The highest BCUT2D eigenvalue weighted by Crippen LogP contribution is 2.38. The summed E-state index contributed by atoms with van der Waals surface area (Å²) in [6, 6.07) is 0. The molecule has 1 rings (SSSR count). The summed E-state index contributed by atoms with van der Waals surface area (Å²) in [4.78, 5) is 88.8. The minimum absolute atomic E-state index is 0.0630. The van der Waals surface area contributed by atoms with Crippen LogP contribution in [0.1, 0.15) is 258 Å². The SMILES string of the molecule is C[C@@H](CCCCCOC(=O)c1c(C(=O)OCCCCC[C@H](C)C(F)(F)F)c(C(=O)OCCCCC[C@H](C)C(F)(F)F)c(C(=O)OCCCCC[C@H](C)C(F)(F)F)c(C(=O)OCCCCC[C@H](C)C(F)(F)F)c1C(=O)OCCCCC[C@H](C)C(F)(F)F)C(F)(F)F. The Morgan fingerprint density at radius 1 is 0.222 bits per heavy atom. The van der Waals surface area contributed by atoms with Crippen molar-refractivity contribution in [2.45, 2.75) is 233 Å². The molecule has 0 spiro atoms. The van der Waals surface area contributed by atoms with Crippen molar-refractivity contribution in [3.63, 3.8) is 0 Å². The van der Waals surface area contributed by atoms with E-state index in [9.17, 15) is 108 Å². The number of carbonyl (C=O) groups excluding carboxylic acids is 6. The molecule has 0 bridgehead atoms. The molecule has 6 atom stereocenters. The topological polar surface area (TPSA) is 158 Å². The summed E-state index contributed by atoms with van der Waals surface area (Å²) in [6.07, 6.45) is -32.2. The highest BCUT2D eigenvalue weighted by molar-refractivity contribution is 6.24. The fraction of sp³-hybridized carbons (Fsp3) is 0.800. The summed E-state index contributed by atoms with van der Waals surface area (Å²) in [7, 11) is 0. The predicted octanol–water partition coefficient (Wildman–Crippen LogP) is 19.2. The quantitative estimate of drug-likeness (QED) is 0.0264. The van der Waals surface area contributed by atoms with Crippen LogP contribution in [0.2, 0.25) is 0 Å². The van der Waals surface area contributed by atoms with Crippen LogP contribution in [0.15, 0.2) is 0 Å². The van der Waals surface area contributed by atoms with Gasteiger partial charge in [0.2, 0.25) is 0 Å². The summed E-state index contributed by atoms with van der Waals surface area (Å²) in [5.74, 6) is -21.5. The van der Waals surface area contributed by atoms with Crippen molar-refractivity contribution in [2.24, 2.45) is 35.5 Å². The van der Waals surface area contributed by atoms with Gasteiger partial charge in [-0.15, -0.1) is 0 Å². The fourth-order valence-corrected chi connectivity index (χ4v) is 8.76. The standard InChI is InChI=1S/C60H84F18O12/c1-37(55(61,62)63)25-13-7-19-31-85-49(79)43-44(50(80)86-32-20-8-14-26-38(2)56(64,65)66)46(52(82)88-34-22-10-16-28-40(4)58(70,71)72)48(54(84)90-36-24-12-18-30-42(6)60(76,77)78)47(53(83)89-35-23-11-17-29-41(5)59(73,74)75)45(43)51(81)87-33-21-9-15-27-39(3)57(67,68)69/h37-42H,7-36H2,1-6H3/t37-,38-,39-,40-,41-,42-/m0/s1. The smallest absolute Gasteiger partial charge is 0.391 e. The lowest BCUT2D eigenvalue weighted by atomic mass is 9.85. The molecule has 12 nitrogen and oxygen atoms in total. The molecule has 90 heavy (non-hydrogen) atoms. The molecule has 0 radical (unpaired) electrons. The fourth-order valence-electron chi connectivity index (χ4n) is 8.76. The Labute approximate surface area is 512 Å². The molecule has 0 saturated carbocycles. The van der Waals surface area contributed by atoms with E-state index in [1.54, 1.807) is 0 Å². The third-order valence-corrected chi connectivity index (χ3v) is 15.2. The molecule has 1 aromatic carbocycles. The zero-order valence-electron chi connectivity index (χ0n) is 51.4. The molecular weight excluding hydrogens is 1250 g/mol. The van der Waals surface area contributed by atoms with Gasteiger partial charge in [-0.3, -0.25) is 0 Å². The van der Waals surface area contributed by atoms with Gasteiger partial charge in [0.15, 0.2) is 0 Å². The van der Waals surface area contributed by atoms with E-state index in [2.05, 4.69) is 0 Å². The van der Waals surface area contributed by atoms with Crippen LogP contribution in [-0.4, -0.2) is 113 Å². The maximum atomic E-state index is 14.8. The second-order valence-corrected chi connectivity index (χ2v) is 22.8. The first-order valence-electron chi connectivity index (χ1n) is 30.2. The average Bonchev–Trinajstić information content (AvgIpc) is 0.733. The molecule has 0 aromatic heterocycles. The molecule has 0 unspecified atom stereocenters. The number of carbonyl (C=O) groups is 6. The molecule has 0 aliphatic rings. The molecule has 0 N–H and O–H groups in total. The van der Waals surface area contributed by atoms with Gasteiger partial charge in [0.05, 0.1) is 109 Å². The zero-order valence-corrected chi connectivity index (χ0v) is 51.4. The number of hydrogen-bond acceptors (Lipinski definition) is 12. The van der Waals surface area contributed by atoms with Gasteiger partial charge >= 0.3 is 72.9 Å². The third-order valence-electron chi connectivity index (χ3n) is 15.2. The monoisotopic (exact) mass is 1340 g/mol. The molecule has 0 aliphatic carbocycles. The summed E-state index contributed by atoms with van der Waals surface area (Å²) in [5.41, 5.74) is -8.47. The molecule has 0 aliphatic heterocycles. The Kier molecular flexibility index (Phi) is 36.2. The number of alkyl halides is 18. The summed E-state index contributed by atoms with van der Waals surface area (Å²) in [6.45, 7) is 0.977. The van der Waals surface area contributed by atoms with Gasteiger partial charge in [-0.05, 0) is 77.0 Å². The second kappa shape index (κ2) is 39.4. The average molecular weight is 1340 g/mol. The molecule has 1 aromatic rings. The predicted molar refractivity (Wildman–Crippen MR) is 290 cm³/mol. The van der Waals surface area contributed by atoms with E-state index < -0.39 is 220 Å². The number of ether oxygens (including phenoxy) is 6. The minimum atomic E-state index is -4.57. The number of esters is 6. The van der Waals surface area contributed by atoms with Crippen molar-refractivity contribution < 1.29 is 136 Å². The number of halogens is 18. The molecule has 0 amide bonds. The van der Waals surface area contributed by atoms with E-state index in [-0.39, 0.29) is 116 Å². The summed E-state index contributed by atoms with van der Waals surface area (Å²) >= 11 is 0. The molecule has 30 heteroatoms. The van der Waals surface area contributed by atoms with Crippen molar-refractivity contribution in [3.05, 3.63) is 33.4 Å². The molecular formula is C60H84F18O12. The number of rotatable bonds is 42. The van der Waals surface area contributed by atoms with Crippen LogP contribution in [0.4, 0.5) is 79.0 Å². The van der Waals surface area contributed by atoms with Gasteiger partial charge in [-0.1, -0.05) is 119 Å². The van der Waals surface area contributed by atoms with Gasteiger partial charge in [0.1, 0.15) is 0 Å². The van der Waals surface area contributed by atoms with E-state index in [0.717, 1.165) is 41.5 Å². The van der Waals surface area contributed by atoms with Crippen LogP contribution >= 0.6 is 0 Å². The zero-order chi connectivity index (χ0) is 68.8. The Hall–Kier alpha value is -5.22. The molecule has 0 saturated heterocycles. The van der Waals surface area contributed by atoms with Crippen LogP contribution in [0.3, 0.4) is 0 Å². The summed E-state index contributed by atoms with van der Waals surface area (Å²) in [5, 5.41) is 0. The van der Waals surface area contributed by atoms with Gasteiger partial charge in [-0.2, -0.15) is 79.0 Å². The van der Waals surface area contributed by atoms with Crippen molar-refractivity contribution in [1.29, 1.82) is 0 Å². The highest BCUT2D eigenvalue weighted by Gasteiger charge is 2.45. The normalized spacial score (nSPS) is 14.7. The number of hydrogen-bond donors (Lipinski definition) is 0. The maximum Gasteiger partial charge on any atom is 0.391 e.